The summed E-state index contributed by atoms with van der Waals surface area (Å²) in [4.78, 5) is 19.4. The maximum atomic E-state index is 11.6. The summed E-state index contributed by atoms with van der Waals surface area (Å²) in [5.41, 5.74) is 1.31. The third-order valence-corrected chi connectivity index (χ3v) is 5.18. The molecule has 124 valence electrons. The number of fused-ring (bicyclic) bond motifs is 1. The van der Waals surface area contributed by atoms with Gasteiger partial charge in [-0.25, -0.2) is 15.0 Å². The summed E-state index contributed by atoms with van der Waals surface area (Å²) in [5.74, 6) is 2.64. The lowest BCUT2D eigenvalue weighted by Gasteiger charge is -2.27. The molecule has 0 radical (unpaired) electrons. The first-order chi connectivity index (χ1) is 11.2. The first-order valence-electron chi connectivity index (χ1n) is 7.71. The van der Waals surface area contributed by atoms with Crippen LogP contribution in [0.2, 0.25) is 5.28 Å². The van der Waals surface area contributed by atoms with E-state index in [4.69, 9.17) is 11.6 Å². The minimum absolute atomic E-state index is 0.174. The predicted octanol–water partition coefficient (Wildman–Crippen LogP) is 1.85. The van der Waals surface area contributed by atoms with Crippen LogP contribution in [0.4, 0.5) is 11.6 Å². The van der Waals surface area contributed by atoms with Crippen molar-refractivity contribution in [2.45, 2.75) is 19.8 Å². The molecule has 0 aliphatic carbocycles. The van der Waals surface area contributed by atoms with Crippen molar-refractivity contribution in [2.75, 3.05) is 41.4 Å². The Labute approximate surface area is 142 Å². The van der Waals surface area contributed by atoms with Gasteiger partial charge in [-0.1, -0.05) is 13.3 Å². The fraction of sp³-hybridized carbons (Fsp3) is 0.571. The van der Waals surface area contributed by atoms with Crippen LogP contribution in [0, 0.1) is 0 Å². The van der Waals surface area contributed by atoms with Gasteiger partial charge in [0.05, 0.1) is 0 Å². The van der Waals surface area contributed by atoms with Gasteiger partial charge in [0.25, 0.3) is 0 Å². The van der Waals surface area contributed by atoms with Crippen molar-refractivity contribution in [3.8, 4) is 0 Å². The normalized spacial score (nSPS) is 16.0. The zero-order valence-corrected chi connectivity index (χ0v) is 14.5. The average molecular weight is 355 g/mol. The number of hydrogen-bond acceptors (Lipinski definition) is 7. The van der Waals surface area contributed by atoms with Gasteiger partial charge in [0.2, 0.25) is 5.28 Å². The number of rotatable bonds is 5. The van der Waals surface area contributed by atoms with Crippen molar-refractivity contribution >= 4 is 45.1 Å². The van der Waals surface area contributed by atoms with Gasteiger partial charge in [0, 0.05) is 41.9 Å². The van der Waals surface area contributed by atoms with E-state index in [0.717, 1.165) is 19.4 Å². The summed E-state index contributed by atoms with van der Waals surface area (Å²) in [6.07, 6.45) is 3.66. The number of nitrogens with zero attached hydrogens (tertiary/aromatic N) is 5. The molecule has 7 nitrogen and oxygen atoms in total. The van der Waals surface area contributed by atoms with E-state index in [0.29, 0.717) is 47.3 Å². The van der Waals surface area contributed by atoms with Crippen LogP contribution < -0.4 is 10.2 Å². The molecule has 0 saturated carbocycles. The second kappa shape index (κ2) is 7.35. The monoisotopic (exact) mass is 354 g/mol. The lowest BCUT2D eigenvalue weighted by molar-refractivity contribution is 0.672. The Hall–Kier alpha value is -1.54. The molecule has 0 bridgehead atoms. The highest BCUT2D eigenvalue weighted by Gasteiger charge is 2.21. The summed E-state index contributed by atoms with van der Waals surface area (Å²) in [6.45, 7) is 4.31. The van der Waals surface area contributed by atoms with Gasteiger partial charge in [-0.2, -0.15) is 4.98 Å². The zero-order valence-electron chi connectivity index (χ0n) is 13.0. The Bertz CT molecular complexity index is 718. The number of hydrogen-bond donors (Lipinski definition) is 1. The van der Waals surface area contributed by atoms with Crippen molar-refractivity contribution in [1.29, 1.82) is 0 Å². The van der Waals surface area contributed by atoms with Crippen LogP contribution in [0.1, 0.15) is 19.8 Å². The molecule has 0 unspecified atom stereocenters. The van der Waals surface area contributed by atoms with Crippen LogP contribution >= 0.6 is 11.6 Å². The van der Waals surface area contributed by atoms with E-state index < -0.39 is 10.8 Å². The minimum Gasteiger partial charge on any atom is -0.368 e. The van der Waals surface area contributed by atoms with E-state index in [2.05, 4.69) is 37.1 Å². The Morgan fingerprint density at radius 3 is 2.78 bits per heavy atom. The van der Waals surface area contributed by atoms with Crippen molar-refractivity contribution in [3.05, 3.63) is 11.6 Å². The molecule has 1 saturated heterocycles. The summed E-state index contributed by atoms with van der Waals surface area (Å²) < 4.78 is 11.6. The van der Waals surface area contributed by atoms with Crippen LogP contribution in [0.5, 0.6) is 0 Å². The molecule has 0 amide bonds. The smallest absolute Gasteiger partial charge is 0.225 e. The van der Waals surface area contributed by atoms with Crippen LogP contribution in [0.15, 0.2) is 6.33 Å². The highest BCUT2D eigenvalue weighted by molar-refractivity contribution is 7.85. The SMILES string of the molecule is CCCCNc1ncnc2c(N3CCS(=O)CC3)nc(Cl)nc12. The Morgan fingerprint density at radius 2 is 2.04 bits per heavy atom. The quantitative estimate of drug-likeness (QED) is 0.648. The Balaban J connectivity index is 1.98. The minimum atomic E-state index is -0.747. The third-order valence-electron chi connectivity index (χ3n) is 3.74. The molecule has 2 aromatic heterocycles. The second-order valence-electron chi connectivity index (χ2n) is 5.35. The topological polar surface area (TPSA) is 83.9 Å². The summed E-state index contributed by atoms with van der Waals surface area (Å²) >= 11 is 6.11. The molecule has 1 N–H and O–H groups in total. The third kappa shape index (κ3) is 3.69. The molecule has 0 spiro atoms. The standard InChI is InChI=1S/C14H19ClN6OS/c1-2-3-4-16-12-10-11(17-9-18-12)13(20-14(15)19-10)21-5-7-23(22)8-6-21/h9H,2-8H2,1H3,(H,16,17,18). The Kier molecular flexibility index (Phi) is 5.22. The van der Waals surface area contributed by atoms with Crippen molar-refractivity contribution in [1.82, 2.24) is 19.9 Å². The van der Waals surface area contributed by atoms with E-state index in [1.807, 2.05) is 0 Å². The molecule has 0 aromatic carbocycles. The van der Waals surface area contributed by atoms with E-state index in [1.54, 1.807) is 0 Å². The molecule has 3 heterocycles. The maximum absolute atomic E-state index is 11.6. The lowest BCUT2D eigenvalue weighted by Crippen LogP contribution is -2.38. The summed E-state index contributed by atoms with van der Waals surface area (Å²) in [7, 11) is -0.747. The summed E-state index contributed by atoms with van der Waals surface area (Å²) in [6, 6.07) is 0. The van der Waals surface area contributed by atoms with Crippen LogP contribution in [0.3, 0.4) is 0 Å². The summed E-state index contributed by atoms with van der Waals surface area (Å²) in [5, 5.41) is 3.46. The van der Waals surface area contributed by atoms with Gasteiger partial charge >= 0.3 is 0 Å². The van der Waals surface area contributed by atoms with Crippen molar-refractivity contribution in [3.63, 3.8) is 0 Å². The molecule has 1 aliphatic heterocycles. The van der Waals surface area contributed by atoms with Gasteiger partial charge in [-0.15, -0.1) is 0 Å². The largest absolute Gasteiger partial charge is 0.368 e. The van der Waals surface area contributed by atoms with Crippen LogP contribution in [-0.2, 0) is 10.8 Å². The highest BCUT2D eigenvalue weighted by Crippen LogP contribution is 2.27. The zero-order chi connectivity index (χ0) is 16.2. The number of anilines is 2. The van der Waals surface area contributed by atoms with Crippen LogP contribution in [-0.4, -0.2) is 55.3 Å². The molecule has 9 heteroatoms. The van der Waals surface area contributed by atoms with Crippen molar-refractivity contribution in [2.24, 2.45) is 0 Å². The second-order valence-corrected chi connectivity index (χ2v) is 7.39. The lowest BCUT2D eigenvalue weighted by atomic mass is 10.3. The predicted molar refractivity (Wildman–Crippen MR) is 93.6 cm³/mol. The van der Waals surface area contributed by atoms with E-state index in [-0.39, 0.29) is 5.28 Å². The average Bonchev–Trinajstić information content (AvgIpc) is 2.55. The van der Waals surface area contributed by atoms with Gasteiger partial charge in [0.1, 0.15) is 17.4 Å². The first-order valence-corrected chi connectivity index (χ1v) is 9.57. The maximum Gasteiger partial charge on any atom is 0.225 e. The molecular weight excluding hydrogens is 336 g/mol. The number of aromatic nitrogens is 4. The number of unbranched alkanes of at least 4 members (excludes halogenated alkanes) is 1. The fourth-order valence-electron chi connectivity index (χ4n) is 2.49. The fourth-order valence-corrected chi connectivity index (χ4v) is 3.71. The van der Waals surface area contributed by atoms with Gasteiger partial charge in [-0.3, -0.25) is 4.21 Å². The number of halogens is 1. The Morgan fingerprint density at radius 1 is 1.26 bits per heavy atom. The molecule has 3 rings (SSSR count). The van der Waals surface area contributed by atoms with Gasteiger partial charge < -0.3 is 10.2 Å². The van der Waals surface area contributed by atoms with Crippen molar-refractivity contribution < 1.29 is 4.21 Å². The number of nitrogens with one attached hydrogen (secondary N) is 1. The molecule has 23 heavy (non-hydrogen) atoms. The van der Waals surface area contributed by atoms with E-state index in [1.165, 1.54) is 6.33 Å². The molecule has 2 aromatic rings. The highest BCUT2D eigenvalue weighted by atomic mass is 35.5. The molecule has 0 atom stereocenters. The van der Waals surface area contributed by atoms with E-state index >= 15 is 0 Å². The van der Waals surface area contributed by atoms with Gasteiger partial charge in [0.15, 0.2) is 11.6 Å². The molecule has 1 fully saturated rings. The van der Waals surface area contributed by atoms with E-state index in [9.17, 15) is 4.21 Å². The van der Waals surface area contributed by atoms with Gasteiger partial charge in [-0.05, 0) is 18.0 Å². The molecule has 1 aliphatic rings. The van der Waals surface area contributed by atoms with Crippen LogP contribution in [0.25, 0.3) is 11.0 Å². The molecular formula is C14H19ClN6OS. The first kappa shape index (κ1) is 16.3.